The second-order valence-electron chi connectivity index (χ2n) is 8.71. The quantitative estimate of drug-likeness (QED) is 0.152. The Kier molecular flexibility index (Phi) is 8.16. The highest BCUT2D eigenvalue weighted by Crippen LogP contribution is 2.29. The fourth-order valence-electron chi connectivity index (χ4n) is 3.92. The molecule has 0 aliphatic heterocycles. The van der Waals surface area contributed by atoms with Crippen LogP contribution in [0.3, 0.4) is 0 Å². The Hall–Kier alpha value is -4.18. The van der Waals surface area contributed by atoms with E-state index < -0.39 is 5.91 Å². The number of benzene rings is 3. The van der Waals surface area contributed by atoms with Crippen molar-refractivity contribution in [2.75, 3.05) is 11.9 Å². The molecule has 8 nitrogen and oxygen atoms in total. The van der Waals surface area contributed by atoms with Crippen molar-refractivity contribution in [2.24, 2.45) is 0 Å². The summed E-state index contributed by atoms with van der Waals surface area (Å²) in [6, 6.07) is 19.9. The minimum Gasteiger partial charge on any atom is -0.494 e. The van der Waals surface area contributed by atoms with E-state index in [1.807, 2.05) is 50.2 Å². The Morgan fingerprint density at radius 3 is 2.42 bits per heavy atom. The number of rotatable bonds is 7. The number of carbonyl (C=O) groups is 1. The van der Waals surface area contributed by atoms with Crippen molar-refractivity contribution >= 4 is 69.2 Å². The van der Waals surface area contributed by atoms with Gasteiger partial charge in [0.15, 0.2) is 5.11 Å². The molecule has 40 heavy (non-hydrogen) atoms. The van der Waals surface area contributed by atoms with Gasteiger partial charge in [0.25, 0.3) is 0 Å². The van der Waals surface area contributed by atoms with E-state index in [-0.39, 0.29) is 5.11 Å². The number of halogens is 2. The van der Waals surface area contributed by atoms with Gasteiger partial charge in [-0.2, -0.15) is 4.80 Å². The monoisotopic (exact) mass is 591 g/mol. The van der Waals surface area contributed by atoms with E-state index in [0.717, 1.165) is 28.1 Å². The lowest BCUT2D eigenvalue weighted by atomic mass is 10.2. The van der Waals surface area contributed by atoms with E-state index in [9.17, 15) is 4.79 Å². The first-order valence-electron chi connectivity index (χ1n) is 12.2. The first-order chi connectivity index (χ1) is 19.3. The van der Waals surface area contributed by atoms with Gasteiger partial charge in [0.2, 0.25) is 5.91 Å². The number of nitrogens with one attached hydrogen (secondary N) is 2. The van der Waals surface area contributed by atoms with Crippen LogP contribution in [0.5, 0.6) is 5.75 Å². The van der Waals surface area contributed by atoms with E-state index in [0.29, 0.717) is 39.4 Å². The molecule has 0 aliphatic rings. The van der Waals surface area contributed by atoms with Crippen LogP contribution in [0.2, 0.25) is 10.0 Å². The molecule has 0 fully saturated rings. The zero-order chi connectivity index (χ0) is 28.2. The van der Waals surface area contributed by atoms with Crippen molar-refractivity contribution in [3.63, 3.8) is 0 Å². The van der Waals surface area contributed by atoms with Crippen LogP contribution in [0.15, 0.2) is 77.2 Å². The van der Waals surface area contributed by atoms with Gasteiger partial charge in [0, 0.05) is 27.4 Å². The predicted molar refractivity (Wildman–Crippen MR) is 162 cm³/mol. The third-order valence-corrected chi connectivity index (χ3v) is 6.40. The second-order valence-corrected chi connectivity index (χ2v) is 9.99. The maximum Gasteiger partial charge on any atom is 0.250 e. The highest BCUT2D eigenvalue weighted by atomic mass is 35.5. The summed E-state index contributed by atoms with van der Waals surface area (Å²) in [5, 5.41) is 16.0. The summed E-state index contributed by atoms with van der Waals surface area (Å²) in [5.41, 5.74) is 4.54. The van der Waals surface area contributed by atoms with Crippen LogP contribution in [-0.4, -0.2) is 32.6 Å². The standard InChI is InChI=1S/C29H23Cl2N5O3S/c1-3-38-22-6-4-21(5-7-22)36-34-25-12-17(2)24(16-26(25)35-36)32-29(40)33-28(37)11-9-23-8-10-27(39-23)18-13-19(30)15-20(31)14-18/h4-16H,3H2,1-2H3,(H2,32,33,37,40)/b11-9+. The molecule has 3 aromatic carbocycles. The summed E-state index contributed by atoms with van der Waals surface area (Å²) in [4.78, 5) is 14.0. The number of nitrogens with zero attached hydrogens (tertiary/aromatic N) is 3. The predicted octanol–water partition coefficient (Wildman–Crippen LogP) is 7.22. The van der Waals surface area contributed by atoms with Crippen LogP contribution in [0.4, 0.5) is 5.69 Å². The third-order valence-electron chi connectivity index (χ3n) is 5.76. The largest absolute Gasteiger partial charge is 0.494 e. The number of hydrogen-bond acceptors (Lipinski definition) is 6. The molecule has 0 atom stereocenters. The number of aromatic nitrogens is 3. The molecule has 2 aromatic heterocycles. The van der Waals surface area contributed by atoms with Crippen LogP contribution in [0, 0.1) is 6.92 Å². The molecule has 2 N–H and O–H groups in total. The molecular formula is C29H23Cl2N5O3S. The Bertz CT molecular complexity index is 1720. The van der Waals surface area contributed by atoms with Gasteiger partial charge in [-0.25, -0.2) is 0 Å². The molecule has 5 aromatic rings. The molecule has 0 saturated heterocycles. The molecule has 11 heteroatoms. The van der Waals surface area contributed by atoms with Gasteiger partial charge in [0.1, 0.15) is 28.3 Å². The van der Waals surface area contributed by atoms with Gasteiger partial charge in [-0.1, -0.05) is 23.2 Å². The molecule has 2 heterocycles. The summed E-state index contributed by atoms with van der Waals surface area (Å²) >= 11 is 17.5. The topological polar surface area (TPSA) is 94.2 Å². The number of amides is 1. The highest BCUT2D eigenvalue weighted by Gasteiger charge is 2.11. The van der Waals surface area contributed by atoms with Crippen LogP contribution in [0.1, 0.15) is 18.2 Å². The first kappa shape index (κ1) is 27.4. The molecular weight excluding hydrogens is 569 g/mol. The number of aryl methyl sites for hydroxylation is 1. The Morgan fingerprint density at radius 2 is 1.73 bits per heavy atom. The lowest BCUT2D eigenvalue weighted by Gasteiger charge is -2.10. The van der Waals surface area contributed by atoms with Crippen molar-refractivity contribution in [3.8, 4) is 22.8 Å². The average molecular weight is 593 g/mol. The van der Waals surface area contributed by atoms with Crippen molar-refractivity contribution in [1.82, 2.24) is 20.3 Å². The van der Waals surface area contributed by atoms with E-state index in [1.165, 1.54) is 6.08 Å². The molecule has 0 aliphatic carbocycles. The first-order valence-corrected chi connectivity index (χ1v) is 13.4. The number of carbonyl (C=O) groups excluding carboxylic acids is 1. The maximum atomic E-state index is 12.5. The Morgan fingerprint density at radius 1 is 1.02 bits per heavy atom. The molecule has 0 bridgehead atoms. The van der Waals surface area contributed by atoms with Crippen molar-refractivity contribution in [3.05, 3.63) is 94.2 Å². The van der Waals surface area contributed by atoms with Crippen molar-refractivity contribution < 1.29 is 13.9 Å². The summed E-state index contributed by atoms with van der Waals surface area (Å²) in [5.74, 6) is 1.43. The molecule has 0 radical (unpaired) electrons. The summed E-state index contributed by atoms with van der Waals surface area (Å²) < 4.78 is 11.3. The van der Waals surface area contributed by atoms with Gasteiger partial charge < -0.3 is 14.5 Å². The average Bonchev–Trinajstić information content (AvgIpc) is 3.55. The number of furan rings is 1. The lowest BCUT2D eigenvalue weighted by Crippen LogP contribution is -2.33. The van der Waals surface area contributed by atoms with Crippen molar-refractivity contribution in [1.29, 1.82) is 0 Å². The van der Waals surface area contributed by atoms with Crippen LogP contribution in [-0.2, 0) is 4.79 Å². The Labute approximate surface area is 245 Å². The zero-order valence-electron chi connectivity index (χ0n) is 21.4. The van der Waals surface area contributed by atoms with E-state index >= 15 is 0 Å². The number of ether oxygens (including phenoxy) is 1. The van der Waals surface area contributed by atoms with E-state index in [1.54, 1.807) is 41.2 Å². The normalized spacial score (nSPS) is 11.2. The smallest absolute Gasteiger partial charge is 0.250 e. The highest BCUT2D eigenvalue weighted by molar-refractivity contribution is 7.80. The fourth-order valence-corrected chi connectivity index (χ4v) is 4.66. The minimum atomic E-state index is -0.415. The third kappa shape index (κ3) is 6.51. The van der Waals surface area contributed by atoms with Crippen LogP contribution < -0.4 is 15.4 Å². The van der Waals surface area contributed by atoms with Gasteiger partial charge in [-0.15, -0.1) is 10.2 Å². The number of thiocarbonyl (C=S) groups is 1. The molecule has 0 spiro atoms. The molecule has 202 valence electrons. The molecule has 0 unspecified atom stereocenters. The number of anilines is 1. The zero-order valence-corrected chi connectivity index (χ0v) is 23.8. The van der Waals surface area contributed by atoms with E-state index in [2.05, 4.69) is 20.8 Å². The summed E-state index contributed by atoms with van der Waals surface area (Å²) in [6.45, 7) is 4.46. The van der Waals surface area contributed by atoms with Gasteiger partial charge in [-0.3, -0.25) is 10.1 Å². The lowest BCUT2D eigenvalue weighted by molar-refractivity contribution is -0.115. The molecule has 5 rings (SSSR count). The van der Waals surface area contributed by atoms with Gasteiger partial charge in [0.05, 0.1) is 12.3 Å². The van der Waals surface area contributed by atoms with Crippen molar-refractivity contribution in [2.45, 2.75) is 13.8 Å². The number of fused-ring (bicyclic) bond motifs is 1. The van der Waals surface area contributed by atoms with Crippen LogP contribution >= 0.6 is 35.4 Å². The molecule has 0 saturated carbocycles. The van der Waals surface area contributed by atoms with Gasteiger partial charge >= 0.3 is 0 Å². The SMILES string of the molecule is CCOc1ccc(-n2nc3cc(C)c(NC(=S)NC(=O)/C=C/c4ccc(-c5cc(Cl)cc(Cl)c5)o4)cc3n2)cc1. The summed E-state index contributed by atoms with van der Waals surface area (Å²) in [7, 11) is 0. The minimum absolute atomic E-state index is 0.143. The fraction of sp³-hybridized carbons (Fsp3) is 0.103. The summed E-state index contributed by atoms with van der Waals surface area (Å²) in [6.07, 6.45) is 2.88. The maximum absolute atomic E-state index is 12.5. The second kappa shape index (κ2) is 11.9. The Balaban J connectivity index is 1.22. The van der Waals surface area contributed by atoms with E-state index in [4.69, 9.17) is 44.6 Å². The molecule has 1 amide bonds. The van der Waals surface area contributed by atoms with Gasteiger partial charge in [-0.05, 0) is 104 Å². The van der Waals surface area contributed by atoms with Crippen LogP contribution in [0.25, 0.3) is 34.1 Å². The number of hydrogen-bond donors (Lipinski definition) is 2.